The zero-order valence-electron chi connectivity index (χ0n) is 33.9. The van der Waals surface area contributed by atoms with Crippen molar-refractivity contribution in [1.29, 1.82) is 0 Å². The molecule has 0 amide bonds. The molecule has 1 saturated carbocycles. The van der Waals surface area contributed by atoms with Gasteiger partial charge >= 0.3 is 11.9 Å². The lowest BCUT2D eigenvalue weighted by Crippen LogP contribution is -2.57. The molecule has 0 aromatic heterocycles. The van der Waals surface area contributed by atoms with Crippen molar-refractivity contribution in [2.75, 3.05) is 7.11 Å². The van der Waals surface area contributed by atoms with Crippen LogP contribution in [0.25, 0.3) is 0 Å². The first-order chi connectivity index (χ1) is 24.6. The van der Waals surface area contributed by atoms with E-state index < -0.39 is 64.6 Å². The first-order valence-corrected chi connectivity index (χ1v) is 19.9. The molecule has 0 aromatic carbocycles. The molecule has 0 aromatic rings. The number of aliphatic hydroxyl groups is 2. The summed E-state index contributed by atoms with van der Waals surface area (Å²) in [6, 6.07) is 0. The van der Waals surface area contributed by atoms with Gasteiger partial charge in [0.1, 0.15) is 23.5 Å². The molecule has 2 fully saturated rings. The van der Waals surface area contributed by atoms with Crippen LogP contribution < -0.4 is 0 Å². The SMILES string of the molecule is COC(=O)[C@]12CC(=O)[C@H](C(C)C)CC(=O)[C@H](C)CCC[C@H](C)CC(=O)[C@H]1CC(C)=C1[C@H]2/C=C(/C)CC[C@@H]2O[C@H](CC[C@@]2(C)O)[C@@](C)(O)C[C@H]1OC(C)=O. The van der Waals surface area contributed by atoms with Crippen LogP contribution in [0.15, 0.2) is 22.8 Å². The smallest absolute Gasteiger partial charge is 0.313 e. The van der Waals surface area contributed by atoms with E-state index in [2.05, 4.69) is 0 Å². The molecular weight excluding hydrogens is 676 g/mol. The van der Waals surface area contributed by atoms with Gasteiger partial charge in [-0.2, -0.15) is 0 Å². The van der Waals surface area contributed by atoms with Gasteiger partial charge in [-0.25, -0.2) is 0 Å². The molecule has 2 N–H and O–H groups in total. The van der Waals surface area contributed by atoms with Crippen LogP contribution in [0.2, 0.25) is 0 Å². The molecule has 1 saturated heterocycles. The van der Waals surface area contributed by atoms with Gasteiger partial charge in [0.15, 0.2) is 0 Å². The van der Waals surface area contributed by atoms with E-state index in [4.69, 9.17) is 14.2 Å². The zero-order valence-corrected chi connectivity index (χ0v) is 33.9. The molecule has 2 bridgehead atoms. The van der Waals surface area contributed by atoms with Gasteiger partial charge in [0.25, 0.3) is 0 Å². The van der Waals surface area contributed by atoms with Gasteiger partial charge < -0.3 is 24.4 Å². The highest BCUT2D eigenvalue weighted by Crippen LogP contribution is 2.56. The molecule has 2 aliphatic carbocycles. The summed E-state index contributed by atoms with van der Waals surface area (Å²) in [6.45, 7) is 16.2. The maximum absolute atomic E-state index is 14.8. The molecule has 11 atom stereocenters. The minimum absolute atomic E-state index is 0.0161. The van der Waals surface area contributed by atoms with Crippen LogP contribution in [0.3, 0.4) is 0 Å². The van der Waals surface area contributed by atoms with Gasteiger partial charge in [-0.1, -0.05) is 57.8 Å². The highest BCUT2D eigenvalue weighted by atomic mass is 16.5. The number of allylic oxidation sites excluding steroid dienone is 3. The number of Topliss-reactive ketones (excluding diaryl/α,β-unsaturated/α-hetero) is 3. The number of methoxy groups -OCH3 is 1. The van der Waals surface area contributed by atoms with Crippen molar-refractivity contribution in [3.8, 4) is 0 Å². The summed E-state index contributed by atoms with van der Waals surface area (Å²) in [6.07, 6.45) is 3.46. The lowest BCUT2D eigenvalue weighted by molar-refractivity contribution is -0.220. The zero-order chi connectivity index (χ0) is 39.6. The van der Waals surface area contributed by atoms with E-state index in [0.717, 1.165) is 24.0 Å². The van der Waals surface area contributed by atoms with E-state index in [1.165, 1.54) is 14.0 Å². The van der Waals surface area contributed by atoms with Gasteiger partial charge in [-0.15, -0.1) is 0 Å². The van der Waals surface area contributed by atoms with Gasteiger partial charge in [0.2, 0.25) is 0 Å². The second kappa shape index (κ2) is 17.0. The third kappa shape index (κ3) is 9.41. The summed E-state index contributed by atoms with van der Waals surface area (Å²) in [5, 5.41) is 23.5. The highest BCUT2D eigenvalue weighted by molar-refractivity contribution is 5.97. The van der Waals surface area contributed by atoms with Crippen molar-refractivity contribution in [3.05, 3.63) is 22.8 Å². The fraction of sp³-hybridized carbons (Fsp3) is 0.791. The molecule has 4 aliphatic rings. The van der Waals surface area contributed by atoms with E-state index in [1.54, 1.807) is 13.8 Å². The highest BCUT2D eigenvalue weighted by Gasteiger charge is 2.61. The number of ketones is 3. The van der Waals surface area contributed by atoms with Gasteiger partial charge in [-0.05, 0) is 83.6 Å². The second-order valence-corrected chi connectivity index (χ2v) is 18.0. The fourth-order valence-electron chi connectivity index (χ4n) is 9.81. The average Bonchev–Trinajstić information content (AvgIpc) is 3.05. The summed E-state index contributed by atoms with van der Waals surface area (Å²) < 4.78 is 18.2. The van der Waals surface area contributed by atoms with E-state index in [1.807, 2.05) is 47.6 Å². The molecule has 53 heavy (non-hydrogen) atoms. The predicted molar refractivity (Wildman–Crippen MR) is 200 cm³/mol. The van der Waals surface area contributed by atoms with E-state index in [9.17, 15) is 34.2 Å². The Hall–Kier alpha value is -2.69. The molecule has 0 spiro atoms. The van der Waals surface area contributed by atoms with Crippen LogP contribution in [0, 0.1) is 40.9 Å². The molecule has 10 heteroatoms. The number of carbonyl (C=O) groups excluding carboxylic acids is 5. The number of fused-ring (bicyclic) bond motifs is 5. The standard InChI is InChI=1S/C43H66O10/c1-24(2)30-21-33(45)27(5)13-11-12-25(3)19-34(46)31-20-28(6)39-32(43(31,22-35(30)47)40(48)51-10)18-26(4)14-15-37-41(8,49)17-16-38(53-37)42(9,50)23-36(39)52-29(7)44/h18,24-25,27,30-32,36-38,49-50H,11-17,19-23H2,1-10H3/b26-18-/t25-,27+,30-,31+,32+,36+,37-,38+,41+,42-,43+/m0/s1. The van der Waals surface area contributed by atoms with Crippen LogP contribution in [0.1, 0.15) is 139 Å². The van der Waals surface area contributed by atoms with Crippen LogP contribution in [0.5, 0.6) is 0 Å². The topological polar surface area (TPSA) is 154 Å². The van der Waals surface area contributed by atoms with Crippen molar-refractivity contribution in [3.63, 3.8) is 0 Å². The summed E-state index contributed by atoms with van der Waals surface area (Å²) in [4.78, 5) is 70.9. The number of carbonyl (C=O) groups is 5. The van der Waals surface area contributed by atoms with Crippen molar-refractivity contribution in [1.82, 2.24) is 0 Å². The van der Waals surface area contributed by atoms with Crippen molar-refractivity contribution >= 4 is 29.3 Å². The van der Waals surface area contributed by atoms with Crippen molar-refractivity contribution in [2.45, 2.75) is 169 Å². The number of esters is 2. The maximum atomic E-state index is 14.8. The molecule has 2 aliphatic heterocycles. The van der Waals surface area contributed by atoms with Crippen molar-refractivity contribution in [2.24, 2.45) is 40.9 Å². The quantitative estimate of drug-likeness (QED) is 0.233. The Kier molecular flexibility index (Phi) is 13.8. The van der Waals surface area contributed by atoms with Crippen LogP contribution in [0.4, 0.5) is 0 Å². The third-order valence-electron chi connectivity index (χ3n) is 13.1. The Bertz CT molecular complexity index is 1470. The predicted octanol–water partition coefficient (Wildman–Crippen LogP) is 6.82. The van der Waals surface area contributed by atoms with Gasteiger partial charge in [0, 0.05) is 56.3 Å². The van der Waals surface area contributed by atoms with E-state index in [0.29, 0.717) is 37.7 Å². The number of rotatable bonds is 3. The maximum Gasteiger partial charge on any atom is 0.313 e. The van der Waals surface area contributed by atoms with E-state index >= 15 is 0 Å². The Balaban J connectivity index is 2.04. The number of hydrogen-bond acceptors (Lipinski definition) is 10. The summed E-state index contributed by atoms with van der Waals surface area (Å²) in [7, 11) is 1.27. The largest absolute Gasteiger partial charge is 0.469 e. The third-order valence-corrected chi connectivity index (χ3v) is 13.1. The monoisotopic (exact) mass is 742 g/mol. The minimum Gasteiger partial charge on any atom is -0.469 e. The summed E-state index contributed by atoms with van der Waals surface area (Å²) in [5.74, 6) is -4.66. The molecule has 4 rings (SSSR count). The van der Waals surface area contributed by atoms with E-state index in [-0.39, 0.29) is 67.2 Å². The Labute approximate surface area is 316 Å². The van der Waals surface area contributed by atoms with Gasteiger partial charge in [0.05, 0.1) is 35.9 Å². The van der Waals surface area contributed by atoms with Crippen LogP contribution >= 0.6 is 0 Å². The first-order valence-electron chi connectivity index (χ1n) is 19.9. The molecular formula is C43H66O10. The number of ether oxygens (including phenoxy) is 3. The Morgan fingerprint density at radius 1 is 0.906 bits per heavy atom. The second-order valence-electron chi connectivity index (χ2n) is 18.0. The Morgan fingerprint density at radius 2 is 1.57 bits per heavy atom. The summed E-state index contributed by atoms with van der Waals surface area (Å²) in [5.41, 5.74) is -2.22. The number of hydrogen-bond donors (Lipinski definition) is 2. The normalized spacial score (nSPS) is 40.8. The lowest BCUT2D eigenvalue weighted by atomic mass is 9.52. The average molecular weight is 743 g/mol. The Morgan fingerprint density at radius 3 is 2.19 bits per heavy atom. The molecule has 298 valence electrons. The van der Waals surface area contributed by atoms with Crippen LogP contribution in [-0.2, 0) is 38.2 Å². The minimum atomic E-state index is -1.73. The summed E-state index contributed by atoms with van der Waals surface area (Å²) >= 11 is 0. The fourth-order valence-corrected chi connectivity index (χ4v) is 9.81. The van der Waals surface area contributed by atoms with Crippen molar-refractivity contribution < 1.29 is 48.4 Å². The van der Waals surface area contributed by atoms with Gasteiger partial charge in [-0.3, -0.25) is 24.0 Å². The molecule has 10 nitrogen and oxygen atoms in total. The van der Waals surface area contributed by atoms with Crippen LogP contribution in [-0.4, -0.2) is 76.1 Å². The molecule has 2 heterocycles. The molecule has 0 unspecified atom stereocenters. The molecule has 0 radical (unpaired) electrons. The lowest BCUT2D eigenvalue weighted by Gasteiger charge is -2.51. The first kappa shape index (κ1) is 43.0.